The van der Waals surface area contributed by atoms with E-state index in [-0.39, 0.29) is 6.42 Å². The molecule has 0 aromatic heterocycles. The zero-order valence-electron chi connectivity index (χ0n) is 12.5. The van der Waals surface area contributed by atoms with Gasteiger partial charge in [-0.1, -0.05) is 26.2 Å². The zero-order chi connectivity index (χ0) is 18.2. The van der Waals surface area contributed by atoms with Crippen molar-refractivity contribution in [1.29, 1.82) is 0 Å². The fourth-order valence-electron chi connectivity index (χ4n) is 1.31. The molecular weight excluding hydrogens is 340 g/mol. The first-order chi connectivity index (χ1) is 9.72. The summed E-state index contributed by atoms with van der Waals surface area (Å²) in [7, 11) is -2.89. The molecule has 0 saturated heterocycles. The number of hydrogen-bond acceptors (Lipinski definition) is 3. The molecule has 0 amide bonds. The highest BCUT2D eigenvalue weighted by molar-refractivity contribution is 7.87. The molecule has 0 radical (unpaired) electrons. The van der Waals surface area contributed by atoms with Gasteiger partial charge in [0.1, 0.15) is 0 Å². The summed E-state index contributed by atoms with van der Waals surface area (Å²) in [4.78, 5) is 0. The largest absolute Gasteiger partial charge is 0.437 e. The molecule has 0 saturated carbocycles. The van der Waals surface area contributed by atoms with Crippen LogP contribution >= 0.6 is 0 Å². The van der Waals surface area contributed by atoms with Gasteiger partial charge in [0.05, 0.1) is 0 Å². The highest BCUT2D eigenvalue weighted by atomic mass is 32.2. The van der Waals surface area contributed by atoms with Crippen molar-refractivity contribution in [3.63, 3.8) is 0 Å². The second-order valence-electron chi connectivity index (χ2n) is 4.58. The van der Waals surface area contributed by atoms with Gasteiger partial charge in [-0.3, -0.25) is 4.55 Å². The third-order valence-corrected chi connectivity index (χ3v) is 3.40. The molecule has 0 heterocycles. The minimum absolute atomic E-state index is 0.125. The van der Waals surface area contributed by atoms with Crippen LogP contribution in [-0.4, -0.2) is 44.2 Å². The van der Waals surface area contributed by atoms with Crippen molar-refractivity contribution in [1.82, 2.24) is 5.32 Å². The van der Waals surface area contributed by atoms with E-state index < -0.39 is 40.1 Å². The van der Waals surface area contributed by atoms with E-state index in [4.69, 9.17) is 4.55 Å². The van der Waals surface area contributed by atoms with E-state index in [0.29, 0.717) is 12.8 Å². The van der Waals surface area contributed by atoms with Crippen LogP contribution in [0.25, 0.3) is 0 Å². The summed E-state index contributed by atoms with van der Waals surface area (Å²) in [5.74, 6) is -11.4. The Morgan fingerprint density at radius 3 is 1.68 bits per heavy atom. The second-order valence-corrected chi connectivity index (χ2v) is 6.04. The highest BCUT2D eigenvalue weighted by Gasteiger charge is 2.76. The molecule has 22 heavy (non-hydrogen) atoms. The molecule has 0 aliphatic carbocycles. The summed E-state index contributed by atoms with van der Waals surface area (Å²) in [5, 5.41) is -3.49. The number of rotatable bonds is 8. The van der Waals surface area contributed by atoms with Crippen LogP contribution in [0.2, 0.25) is 0 Å². The highest BCUT2D eigenvalue weighted by Crippen LogP contribution is 2.50. The lowest BCUT2D eigenvalue weighted by atomic mass is 10.0. The molecule has 0 aromatic rings. The Morgan fingerprint density at radius 2 is 1.36 bits per heavy atom. The normalized spacial score (nSPS) is 13.5. The first-order valence-electron chi connectivity index (χ1n) is 6.41. The van der Waals surface area contributed by atoms with Crippen molar-refractivity contribution in [2.75, 3.05) is 14.1 Å². The van der Waals surface area contributed by atoms with Crippen LogP contribution < -0.4 is 5.32 Å². The molecule has 4 nitrogen and oxygen atoms in total. The van der Waals surface area contributed by atoms with Gasteiger partial charge >= 0.3 is 27.2 Å². The molecule has 0 atom stereocenters. The molecule has 11 heteroatoms. The molecule has 0 spiro atoms. The Balaban J connectivity index is 0. The zero-order valence-corrected chi connectivity index (χ0v) is 13.3. The molecule has 136 valence electrons. The predicted molar refractivity (Wildman–Crippen MR) is 70.1 cm³/mol. The smallest absolute Gasteiger partial charge is 0.323 e. The maximum Gasteiger partial charge on any atom is 0.437 e. The summed E-state index contributed by atoms with van der Waals surface area (Å²) in [6.07, 6.45) is -0.859. The van der Waals surface area contributed by atoms with Crippen LogP contribution in [0.4, 0.5) is 26.3 Å². The van der Waals surface area contributed by atoms with Gasteiger partial charge in [0.25, 0.3) is 0 Å². The van der Waals surface area contributed by atoms with E-state index in [2.05, 4.69) is 5.32 Å². The lowest BCUT2D eigenvalue weighted by Crippen LogP contribution is -2.57. The minimum atomic E-state index is -6.64. The topological polar surface area (TPSA) is 66.4 Å². The van der Waals surface area contributed by atoms with E-state index in [1.54, 1.807) is 6.92 Å². The Labute approximate surface area is 126 Å². The first-order valence-corrected chi connectivity index (χ1v) is 7.85. The first kappa shape index (κ1) is 23.7. The number of unbranched alkanes of at least 4 members (excludes halogenated alkanes) is 3. The molecule has 0 rings (SSSR count). The van der Waals surface area contributed by atoms with Gasteiger partial charge in [-0.2, -0.15) is 34.8 Å². The SMILES string of the molecule is CCCCCCC(F)(F)C(F)(F)C(F)(F)S(=O)(=O)O.CNC. The van der Waals surface area contributed by atoms with Gasteiger partial charge < -0.3 is 5.32 Å². The van der Waals surface area contributed by atoms with Gasteiger partial charge in [0.2, 0.25) is 0 Å². The Hall–Kier alpha value is -0.550. The molecule has 0 aliphatic heterocycles. The summed E-state index contributed by atoms with van der Waals surface area (Å²) in [5.41, 5.74) is 0. The second kappa shape index (κ2) is 8.92. The number of nitrogens with one attached hydrogen (secondary N) is 1. The van der Waals surface area contributed by atoms with E-state index in [1.165, 1.54) is 0 Å². The molecule has 0 fully saturated rings. The molecule has 0 aromatic carbocycles. The van der Waals surface area contributed by atoms with Crippen molar-refractivity contribution in [2.24, 2.45) is 0 Å². The monoisotopic (exact) mass is 361 g/mol. The summed E-state index contributed by atoms with van der Waals surface area (Å²) < 4.78 is 106. The number of hydrogen-bond donors (Lipinski definition) is 2. The third-order valence-electron chi connectivity index (χ3n) is 2.49. The summed E-state index contributed by atoms with van der Waals surface area (Å²) in [6.45, 7) is 1.72. The van der Waals surface area contributed by atoms with Crippen LogP contribution in [0.3, 0.4) is 0 Å². The Bertz CT molecular complexity index is 414. The maximum absolute atomic E-state index is 13.0. The minimum Gasteiger partial charge on any atom is -0.323 e. The standard InChI is InChI=1S/C9H14F6O3S.C2H7N/c1-2-3-4-5-6-7(10,11)8(12,13)9(14,15)19(16,17)18;1-3-2/h2-6H2,1H3,(H,16,17,18);3H,1-2H3. The molecule has 2 N–H and O–H groups in total. The quantitative estimate of drug-likeness (QED) is 0.394. The van der Waals surface area contributed by atoms with E-state index in [9.17, 15) is 34.8 Å². The number of alkyl halides is 6. The van der Waals surface area contributed by atoms with Gasteiger partial charge in [-0.25, -0.2) is 0 Å². The fraction of sp³-hybridized carbons (Fsp3) is 1.00. The van der Waals surface area contributed by atoms with Crippen LogP contribution in [0, 0.1) is 0 Å². The average molecular weight is 361 g/mol. The Morgan fingerprint density at radius 1 is 0.955 bits per heavy atom. The Kier molecular flexibility index (Phi) is 9.61. The van der Waals surface area contributed by atoms with Gasteiger partial charge in [-0.05, 0) is 20.5 Å². The fourth-order valence-corrected chi connectivity index (χ4v) is 1.78. The summed E-state index contributed by atoms with van der Waals surface area (Å²) in [6, 6.07) is 0. The van der Waals surface area contributed by atoms with Gasteiger partial charge in [-0.15, -0.1) is 0 Å². The van der Waals surface area contributed by atoms with Crippen LogP contribution in [0.1, 0.15) is 39.0 Å². The van der Waals surface area contributed by atoms with Gasteiger partial charge in [0, 0.05) is 6.42 Å². The third kappa shape index (κ3) is 5.92. The maximum atomic E-state index is 13.0. The summed E-state index contributed by atoms with van der Waals surface area (Å²) >= 11 is 0. The van der Waals surface area contributed by atoms with Crippen molar-refractivity contribution in [3.05, 3.63) is 0 Å². The van der Waals surface area contributed by atoms with E-state index in [1.807, 2.05) is 14.1 Å². The average Bonchev–Trinajstić information content (AvgIpc) is 2.34. The van der Waals surface area contributed by atoms with E-state index in [0.717, 1.165) is 0 Å². The van der Waals surface area contributed by atoms with Gasteiger partial charge in [0.15, 0.2) is 0 Å². The van der Waals surface area contributed by atoms with Crippen LogP contribution in [0.5, 0.6) is 0 Å². The molecular formula is C11H21F6NO3S. The predicted octanol–water partition coefficient (Wildman–Crippen LogP) is 3.54. The van der Waals surface area contributed by atoms with E-state index >= 15 is 0 Å². The van der Waals surface area contributed by atoms with Crippen LogP contribution in [-0.2, 0) is 10.1 Å². The number of halogens is 6. The lowest BCUT2D eigenvalue weighted by molar-refractivity contribution is -0.282. The van der Waals surface area contributed by atoms with Crippen LogP contribution in [0.15, 0.2) is 0 Å². The molecule has 0 aliphatic rings. The van der Waals surface area contributed by atoms with Crippen molar-refractivity contribution < 1.29 is 39.3 Å². The van der Waals surface area contributed by atoms with Crippen molar-refractivity contribution in [3.8, 4) is 0 Å². The lowest BCUT2D eigenvalue weighted by Gasteiger charge is -2.30. The molecule has 0 unspecified atom stereocenters. The molecule has 0 bridgehead atoms. The van der Waals surface area contributed by atoms with Crippen molar-refractivity contribution in [2.45, 2.75) is 56.1 Å². The van der Waals surface area contributed by atoms with Crippen molar-refractivity contribution >= 4 is 10.1 Å².